The number of hydrogen-bond donors (Lipinski definition) is 1. The first kappa shape index (κ1) is 22.2. The maximum absolute atomic E-state index is 12.3. The van der Waals surface area contributed by atoms with Gasteiger partial charge in [-0.3, -0.25) is 9.69 Å². The number of rotatable bonds is 9. The van der Waals surface area contributed by atoms with Crippen LogP contribution in [0.3, 0.4) is 0 Å². The fourth-order valence-electron chi connectivity index (χ4n) is 4.78. The third-order valence-electron chi connectivity index (χ3n) is 6.44. The molecule has 4 rings (SSSR count). The second kappa shape index (κ2) is 11.0. The third kappa shape index (κ3) is 6.23. The normalized spacial score (nSPS) is 20.0. The monoisotopic (exact) mass is 442 g/mol. The van der Waals surface area contributed by atoms with Gasteiger partial charge in [-0.15, -0.1) is 11.3 Å². The fourth-order valence-corrected chi connectivity index (χ4v) is 6.01. The zero-order valence-electron chi connectivity index (χ0n) is 18.5. The van der Waals surface area contributed by atoms with E-state index in [0.717, 1.165) is 25.6 Å². The van der Waals surface area contributed by atoms with E-state index in [1.807, 2.05) is 35.6 Å². The van der Waals surface area contributed by atoms with Crippen LogP contribution >= 0.6 is 11.3 Å². The SMILES string of the molecule is COc1ccccc1OCC(=O)NC[C@H]1CCCN(Cc2ccc(C3CCCC3)s2)C1. The summed E-state index contributed by atoms with van der Waals surface area (Å²) in [5.74, 6) is 2.46. The molecule has 168 valence electrons. The second-order valence-electron chi connectivity index (χ2n) is 8.77. The number of thiophene rings is 1. The Bertz CT molecular complexity index is 847. The predicted octanol–water partition coefficient (Wildman–Crippen LogP) is 4.82. The number of carbonyl (C=O) groups is 1. The molecule has 0 radical (unpaired) electrons. The predicted molar refractivity (Wildman–Crippen MR) is 125 cm³/mol. The summed E-state index contributed by atoms with van der Waals surface area (Å²) in [5, 5.41) is 3.06. The summed E-state index contributed by atoms with van der Waals surface area (Å²) < 4.78 is 10.9. The van der Waals surface area contributed by atoms with Crippen LogP contribution in [-0.4, -0.2) is 44.2 Å². The standard InChI is InChI=1S/C25H34N2O3S/c1-29-22-10-4-5-11-23(22)30-18-25(28)26-15-19-7-6-14-27(16-19)17-21-12-13-24(31-21)20-8-2-3-9-20/h4-5,10-13,19-20H,2-3,6-9,14-18H2,1H3,(H,26,28)/t19-/m1/s1. The molecular formula is C25H34N2O3S. The molecule has 6 heteroatoms. The number of methoxy groups -OCH3 is 1. The molecule has 1 aliphatic heterocycles. The number of benzene rings is 1. The van der Waals surface area contributed by atoms with Crippen LogP contribution in [0, 0.1) is 5.92 Å². The first-order valence-electron chi connectivity index (χ1n) is 11.5. The van der Waals surface area contributed by atoms with Gasteiger partial charge in [0.1, 0.15) is 0 Å². The van der Waals surface area contributed by atoms with E-state index in [4.69, 9.17) is 9.47 Å². The Balaban J connectivity index is 1.19. The number of ether oxygens (including phenoxy) is 2. The van der Waals surface area contributed by atoms with Crippen molar-refractivity contribution in [2.24, 2.45) is 5.92 Å². The van der Waals surface area contributed by atoms with Crippen molar-refractivity contribution < 1.29 is 14.3 Å². The second-order valence-corrected chi connectivity index (χ2v) is 9.97. The van der Waals surface area contributed by atoms with Gasteiger partial charge < -0.3 is 14.8 Å². The van der Waals surface area contributed by atoms with Crippen LogP contribution < -0.4 is 14.8 Å². The van der Waals surface area contributed by atoms with E-state index >= 15 is 0 Å². The lowest BCUT2D eigenvalue weighted by atomic mass is 9.98. The minimum absolute atomic E-state index is 0.00987. The van der Waals surface area contributed by atoms with E-state index in [-0.39, 0.29) is 12.5 Å². The highest BCUT2D eigenvalue weighted by atomic mass is 32.1. The van der Waals surface area contributed by atoms with Gasteiger partial charge in [0.2, 0.25) is 0 Å². The van der Waals surface area contributed by atoms with E-state index < -0.39 is 0 Å². The summed E-state index contributed by atoms with van der Waals surface area (Å²) in [7, 11) is 1.60. The Morgan fingerprint density at radius 2 is 1.90 bits per heavy atom. The fraction of sp³-hybridized carbons (Fsp3) is 0.560. The smallest absolute Gasteiger partial charge is 0.257 e. The Morgan fingerprint density at radius 1 is 1.10 bits per heavy atom. The Hall–Kier alpha value is -2.05. The molecule has 0 unspecified atom stereocenters. The first-order chi connectivity index (χ1) is 15.2. The number of carbonyl (C=O) groups excluding carboxylic acids is 1. The van der Waals surface area contributed by atoms with Crippen LogP contribution in [0.5, 0.6) is 11.5 Å². The number of nitrogens with zero attached hydrogens (tertiary/aromatic N) is 1. The van der Waals surface area contributed by atoms with E-state index in [2.05, 4.69) is 22.3 Å². The molecule has 31 heavy (non-hydrogen) atoms. The van der Waals surface area contributed by atoms with Crippen molar-refractivity contribution in [1.82, 2.24) is 10.2 Å². The van der Waals surface area contributed by atoms with Gasteiger partial charge in [0, 0.05) is 29.4 Å². The topological polar surface area (TPSA) is 50.8 Å². The van der Waals surface area contributed by atoms with Crippen LogP contribution in [0.15, 0.2) is 36.4 Å². The molecule has 0 spiro atoms. The van der Waals surface area contributed by atoms with E-state index in [1.54, 1.807) is 12.0 Å². The van der Waals surface area contributed by atoms with Crippen LogP contribution in [-0.2, 0) is 11.3 Å². The van der Waals surface area contributed by atoms with Gasteiger partial charge >= 0.3 is 0 Å². The van der Waals surface area contributed by atoms with Gasteiger partial charge in [-0.25, -0.2) is 0 Å². The highest BCUT2D eigenvalue weighted by Gasteiger charge is 2.23. The number of hydrogen-bond acceptors (Lipinski definition) is 5. The molecule has 1 aromatic carbocycles. The third-order valence-corrected chi connectivity index (χ3v) is 7.67. The maximum Gasteiger partial charge on any atom is 0.257 e. The van der Waals surface area contributed by atoms with Crippen molar-refractivity contribution in [2.75, 3.05) is 33.4 Å². The van der Waals surface area contributed by atoms with E-state index in [1.165, 1.54) is 43.4 Å². The first-order valence-corrected chi connectivity index (χ1v) is 12.4. The van der Waals surface area contributed by atoms with Gasteiger partial charge in [0.25, 0.3) is 5.91 Å². The van der Waals surface area contributed by atoms with Crippen LogP contribution in [0.1, 0.15) is 54.2 Å². The average molecular weight is 443 g/mol. The zero-order chi connectivity index (χ0) is 21.5. The Kier molecular flexibility index (Phi) is 7.86. The van der Waals surface area contributed by atoms with Crippen molar-refractivity contribution in [1.29, 1.82) is 0 Å². The summed E-state index contributed by atoms with van der Waals surface area (Å²) in [6, 6.07) is 12.1. The van der Waals surface area contributed by atoms with Crippen molar-refractivity contribution in [3.63, 3.8) is 0 Å². The minimum atomic E-state index is -0.0810. The highest BCUT2D eigenvalue weighted by Crippen LogP contribution is 2.38. The Labute approximate surface area is 189 Å². The number of para-hydroxylation sites is 2. The van der Waals surface area contributed by atoms with Gasteiger partial charge in [-0.2, -0.15) is 0 Å². The summed E-state index contributed by atoms with van der Waals surface area (Å²) >= 11 is 2.01. The lowest BCUT2D eigenvalue weighted by Crippen LogP contribution is -2.41. The molecule has 1 amide bonds. The molecule has 0 bridgehead atoms. The molecule has 1 aromatic heterocycles. The molecule has 1 N–H and O–H groups in total. The average Bonchev–Trinajstić information content (AvgIpc) is 3.49. The molecule has 2 heterocycles. The largest absolute Gasteiger partial charge is 0.493 e. The lowest BCUT2D eigenvalue weighted by molar-refractivity contribution is -0.123. The summed E-state index contributed by atoms with van der Waals surface area (Å²) in [4.78, 5) is 17.9. The number of piperidine rings is 1. The molecule has 1 saturated carbocycles. The molecule has 2 aromatic rings. The molecule has 2 aliphatic rings. The molecule has 1 atom stereocenters. The number of likely N-dealkylation sites (tertiary alicyclic amines) is 1. The molecule has 2 fully saturated rings. The molecule has 1 saturated heterocycles. The Morgan fingerprint density at radius 3 is 2.71 bits per heavy atom. The van der Waals surface area contributed by atoms with E-state index in [0.29, 0.717) is 24.0 Å². The van der Waals surface area contributed by atoms with Crippen molar-refractivity contribution in [3.05, 3.63) is 46.2 Å². The number of nitrogens with one attached hydrogen (secondary N) is 1. The molecular weight excluding hydrogens is 408 g/mol. The molecule has 1 aliphatic carbocycles. The summed E-state index contributed by atoms with van der Waals surface area (Å²) in [6.07, 6.45) is 7.88. The highest BCUT2D eigenvalue weighted by molar-refractivity contribution is 7.12. The quantitative estimate of drug-likeness (QED) is 0.605. The van der Waals surface area contributed by atoms with E-state index in [9.17, 15) is 4.79 Å². The minimum Gasteiger partial charge on any atom is -0.493 e. The van der Waals surface area contributed by atoms with Crippen molar-refractivity contribution in [3.8, 4) is 11.5 Å². The van der Waals surface area contributed by atoms with Gasteiger partial charge in [-0.05, 0) is 68.3 Å². The van der Waals surface area contributed by atoms with Crippen molar-refractivity contribution >= 4 is 17.2 Å². The van der Waals surface area contributed by atoms with Crippen LogP contribution in [0.25, 0.3) is 0 Å². The van der Waals surface area contributed by atoms with Crippen LogP contribution in [0.2, 0.25) is 0 Å². The maximum atomic E-state index is 12.3. The zero-order valence-corrected chi connectivity index (χ0v) is 19.3. The van der Waals surface area contributed by atoms with Crippen LogP contribution in [0.4, 0.5) is 0 Å². The van der Waals surface area contributed by atoms with Crippen molar-refractivity contribution in [2.45, 2.75) is 51.0 Å². The summed E-state index contributed by atoms with van der Waals surface area (Å²) in [5.41, 5.74) is 0. The molecule has 5 nitrogen and oxygen atoms in total. The van der Waals surface area contributed by atoms with Gasteiger partial charge in [0.05, 0.1) is 7.11 Å². The lowest BCUT2D eigenvalue weighted by Gasteiger charge is -2.32. The van der Waals surface area contributed by atoms with Gasteiger partial charge in [0.15, 0.2) is 18.1 Å². The number of amides is 1. The summed E-state index contributed by atoms with van der Waals surface area (Å²) in [6.45, 7) is 3.96. The van der Waals surface area contributed by atoms with Gasteiger partial charge in [-0.1, -0.05) is 25.0 Å².